The Bertz CT molecular complexity index is 484. The summed E-state index contributed by atoms with van der Waals surface area (Å²) in [6, 6.07) is 6.26. The van der Waals surface area contributed by atoms with Crippen LogP contribution in [0.2, 0.25) is 0 Å². The minimum absolute atomic E-state index is 0.0204. The molecule has 0 spiro atoms. The number of rotatable bonds is 6. The second-order valence-electron chi connectivity index (χ2n) is 5.03. The fourth-order valence-corrected chi connectivity index (χ4v) is 3.01. The lowest BCUT2D eigenvalue weighted by Gasteiger charge is -2.24. The standard InChI is InChI=1S/C15H18BrF2NO2/c16-8-2-5-12-6-3-9-19(12)14(20)11-4-1-7-13(10-11)21-15(17)18/h1,4,7,10,12,15H,2-3,5-6,8-9H2. The highest BCUT2D eigenvalue weighted by atomic mass is 79.9. The van der Waals surface area contributed by atoms with Crippen molar-refractivity contribution in [3.63, 3.8) is 0 Å². The first-order chi connectivity index (χ1) is 10.1. The molecule has 1 heterocycles. The number of likely N-dealkylation sites (tertiary alicyclic amines) is 1. The largest absolute Gasteiger partial charge is 0.435 e. The second-order valence-corrected chi connectivity index (χ2v) is 5.83. The molecule has 1 fully saturated rings. The molecular weight excluding hydrogens is 344 g/mol. The summed E-state index contributed by atoms with van der Waals surface area (Å²) in [5, 5.41) is 0.920. The molecule has 1 aromatic rings. The van der Waals surface area contributed by atoms with Crippen molar-refractivity contribution < 1.29 is 18.3 Å². The molecule has 1 aliphatic heterocycles. The van der Waals surface area contributed by atoms with E-state index in [-0.39, 0.29) is 17.7 Å². The Morgan fingerprint density at radius 2 is 2.29 bits per heavy atom. The average molecular weight is 362 g/mol. The van der Waals surface area contributed by atoms with Crippen molar-refractivity contribution in [2.75, 3.05) is 11.9 Å². The number of halogens is 3. The van der Waals surface area contributed by atoms with Crippen molar-refractivity contribution in [3.05, 3.63) is 29.8 Å². The normalized spacial score (nSPS) is 18.3. The highest BCUT2D eigenvalue weighted by molar-refractivity contribution is 9.09. The zero-order chi connectivity index (χ0) is 15.2. The summed E-state index contributed by atoms with van der Waals surface area (Å²) in [5.74, 6) is -0.0844. The molecule has 1 amide bonds. The monoisotopic (exact) mass is 361 g/mol. The van der Waals surface area contributed by atoms with E-state index >= 15 is 0 Å². The number of carbonyl (C=O) groups is 1. The van der Waals surface area contributed by atoms with E-state index in [0.29, 0.717) is 5.56 Å². The van der Waals surface area contributed by atoms with E-state index < -0.39 is 6.61 Å². The number of alkyl halides is 3. The van der Waals surface area contributed by atoms with Crippen molar-refractivity contribution in [3.8, 4) is 5.75 Å². The van der Waals surface area contributed by atoms with Crippen LogP contribution < -0.4 is 4.74 Å². The predicted molar refractivity (Wildman–Crippen MR) is 80.2 cm³/mol. The van der Waals surface area contributed by atoms with Crippen molar-refractivity contribution in [2.45, 2.75) is 38.3 Å². The molecule has 1 unspecified atom stereocenters. The van der Waals surface area contributed by atoms with Crippen LogP contribution >= 0.6 is 15.9 Å². The number of hydrogen-bond acceptors (Lipinski definition) is 2. The third kappa shape index (κ3) is 4.40. The van der Waals surface area contributed by atoms with Crippen LogP contribution in [0, 0.1) is 0 Å². The second kappa shape index (κ2) is 7.73. The molecule has 0 radical (unpaired) electrons. The zero-order valence-electron chi connectivity index (χ0n) is 11.6. The van der Waals surface area contributed by atoms with Gasteiger partial charge in [0.1, 0.15) is 5.75 Å². The van der Waals surface area contributed by atoms with Gasteiger partial charge in [-0.25, -0.2) is 0 Å². The first kappa shape index (κ1) is 16.2. The summed E-state index contributed by atoms with van der Waals surface area (Å²) in [6.45, 7) is -2.15. The van der Waals surface area contributed by atoms with Gasteiger partial charge in [-0.05, 0) is 43.9 Å². The quantitative estimate of drug-likeness (QED) is 0.714. The van der Waals surface area contributed by atoms with Gasteiger partial charge >= 0.3 is 6.61 Å². The third-order valence-corrected chi connectivity index (χ3v) is 4.18. The van der Waals surface area contributed by atoms with Gasteiger partial charge in [0.25, 0.3) is 5.91 Å². The molecule has 3 nitrogen and oxygen atoms in total. The van der Waals surface area contributed by atoms with Gasteiger partial charge in [-0.2, -0.15) is 8.78 Å². The molecule has 6 heteroatoms. The number of ether oxygens (including phenoxy) is 1. The zero-order valence-corrected chi connectivity index (χ0v) is 13.2. The highest BCUT2D eigenvalue weighted by Gasteiger charge is 2.29. The Morgan fingerprint density at radius 1 is 1.48 bits per heavy atom. The van der Waals surface area contributed by atoms with Gasteiger partial charge in [-0.1, -0.05) is 22.0 Å². The molecular formula is C15H18BrF2NO2. The minimum atomic E-state index is -2.88. The van der Waals surface area contributed by atoms with E-state index in [1.807, 2.05) is 4.90 Å². The Balaban J connectivity index is 2.08. The Labute approximate surface area is 131 Å². The smallest absolute Gasteiger partial charge is 0.387 e. The van der Waals surface area contributed by atoms with E-state index in [1.54, 1.807) is 12.1 Å². The van der Waals surface area contributed by atoms with Crippen molar-refractivity contribution in [1.29, 1.82) is 0 Å². The average Bonchev–Trinajstić information content (AvgIpc) is 2.92. The summed E-state index contributed by atoms with van der Waals surface area (Å²) in [4.78, 5) is 14.4. The van der Waals surface area contributed by atoms with Crippen LogP contribution in [-0.2, 0) is 0 Å². The van der Waals surface area contributed by atoms with Crippen LogP contribution in [0.25, 0.3) is 0 Å². The summed E-state index contributed by atoms with van der Waals surface area (Å²) in [7, 11) is 0. The topological polar surface area (TPSA) is 29.5 Å². The molecule has 116 valence electrons. The lowest BCUT2D eigenvalue weighted by atomic mass is 10.1. The van der Waals surface area contributed by atoms with E-state index in [1.165, 1.54) is 12.1 Å². The van der Waals surface area contributed by atoms with Gasteiger partial charge in [0.05, 0.1) is 0 Å². The Morgan fingerprint density at radius 3 is 3.00 bits per heavy atom. The van der Waals surface area contributed by atoms with Gasteiger partial charge in [-0.15, -0.1) is 0 Å². The van der Waals surface area contributed by atoms with Crippen LogP contribution in [0.5, 0.6) is 5.75 Å². The van der Waals surface area contributed by atoms with E-state index in [2.05, 4.69) is 20.7 Å². The minimum Gasteiger partial charge on any atom is -0.435 e. The van der Waals surface area contributed by atoms with Crippen LogP contribution in [0.4, 0.5) is 8.78 Å². The summed E-state index contributed by atoms with van der Waals surface area (Å²) >= 11 is 3.40. The maximum atomic E-state index is 12.5. The maximum absolute atomic E-state index is 12.5. The van der Waals surface area contributed by atoms with Crippen molar-refractivity contribution >= 4 is 21.8 Å². The molecule has 1 atom stereocenters. The molecule has 0 N–H and O–H groups in total. The Hall–Kier alpha value is -1.17. The summed E-state index contributed by atoms with van der Waals surface area (Å²) in [5.41, 5.74) is 0.402. The van der Waals surface area contributed by atoms with Gasteiger partial charge in [-0.3, -0.25) is 4.79 Å². The molecule has 0 aliphatic carbocycles. The molecule has 1 aromatic carbocycles. The van der Waals surface area contributed by atoms with E-state index in [9.17, 15) is 13.6 Å². The fourth-order valence-electron chi connectivity index (χ4n) is 2.69. The molecule has 1 aliphatic rings. The molecule has 21 heavy (non-hydrogen) atoms. The first-order valence-electron chi connectivity index (χ1n) is 7.03. The lowest BCUT2D eigenvalue weighted by molar-refractivity contribution is -0.0499. The predicted octanol–water partition coefficient (Wildman–Crippen LogP) is 4.07. The molecule has 0 aromatic heterocycles. The number of amides is 1. The van der Waals surface area contributed by atoms with Crippen LogP contribution in [0.3, 0.4) is 0 Å². The van der Waals surface area contributed by atoms with Gasteiger partial charge in [0, 0.05) is 23.5 Å². The Kier molecular flexibility index (Phi) is 5.96. The van der Waals surface area contributed by atoms with Gasteiger partial charge < -0.3 is 9.64 Å². The molecule has 2 rings (SSSR count). The van der Waals surface area contributed by atoms with E-state index in [0.717, 1.165) is 37.6 Å². The number of carbonyl (C=O) groups excluding carboxylic acids is 1. The van der Waals surface area contributed by atoms with Crippen molar-refractivity contribution in [1.82, 2.24) is 4.90 Å². The molecule has 1 saturated heterocycles. The van der Waals surface area contributed by atoms with Gasteiger partial charge in [0.15, 0.2) is 0 Å². The van der Waals surface area contributed by atoms with Crippen molar-refractivity contribution in [2.24, 2.45) is 0 Å². The lowest BCUT2D eigenvalue weighted by Crippen LogP contribution is -2.35. The summed E-state index contributed by atoms with van der Waals surface area (Å²) in [6.07, 6.45) is 3.98. The number of nitrogens with zero attached hydrogens (tertiary/aromatic N) is 1. The third-order valence-electron chi connectivity index (χ3n) is 3.62. The van der Waals surface area contributed by atoms with E-state index in [4.69, 9.17) is 0 Å². The maximum Gasteiger partial charge on any atom is 0.387 e. The van der Waals surface area contributed by atoms with Gasteiger partial charge in [0.2, 0.25) is 0 Å². The number of benzene rings is 1. The first-order valence-corrected chi connectivity index (χ1v) is 8.16. The van der Waals surface area contributed by atoms with Crippen LogP contribution in [0.1, 0.15) is 36.0 Å². The SMILES string of the molecule is O=C(c1cccc(OC(F)F)c1)N1CCCC1CCCBr. The van der Waals surface area contributed by atoms with Crippen LogP contribution in [0.15, 0.2) is 24.3 Å². The number of hydrogen-bond donors (Lipinski definition) is 0. The van der Waals surface area contributed by atoms with Crippen LogP contribution in [-0.4, -0.2) is 35.3 Å². The fraction of sp³-hybridized carbons (Fsp3) is 0.533. The molecule has 0 bridgehead atoms. The molecule has 0 saturated carbocycles. The highest BCUT2D eigenvalue weighted by Crippen LogP contribution is 2.25. The summed E-state index contributed by atoms with van der Waals surface area (Å²) < 4.78 is 28.8.